The third-order valence-corrected chi connectivity index (χ3v) is 6.73. The fraction of sp³-hybridized carbons (Fsp3) is 0.346. The molecule has 0 amide bonds. The summed E-state index contributed by atoms with van der Waals surface area (Å²) in [4.78, 5) is 28.2. The van der Waals surface area contributed by atoms with Crippen LogP contribution < -0.4 is 15.1 Å². The van der Waals surface area contributed by atoms with Crippen molar-refractivity contribution in [2.75, 3.05) is 31.1 Å². The van der Waals surface area contributed by atoms with Crippen LogP contribution in [0.3, 0.4) is 0 Å². The van der Waals surface area contributed by atoms with Crippen molar-refractivity contribution in [1.29, 1.82) is 5.26 Å². The average molecular weight is 477 g/mol. The van der Waals surface area contributed by atoms with Crippen LogP contribution in [0.25, 0.3) is 10.9 Å². The Morgan fingerprint density at radius 3 is 2.66 bits per heavy atom. The van der Waals surface area contributed by atoms with Gasteiger partial charge in [0.1, 0.15) is 5.82 Å². The van der Waals surface area contributed by atoms with Crippen LogP contribution >= 0.6 is 0 Å². The predicted octanol–water partition coefficient (Wildman–Crippen LogP) is 4.31. The molecule has 2 aromatic carbocycles. The molecule has 1 atom stereocenters. The first kappa shape index (κ1) is 22.9. The zero-order valence-electron chi connectivity index (χ0n) is 19.1. The minimum absolute atomic E-state index is 0.00892. The molecule has 1 unspecified atom stereocenters. The van der Waals surface area contributed by atoms with Crippen molar-refractivity contribution in [2.24, 2.45) is 0 Å². The maximum absolute atomic E-state index is 15.5. The van der Waals surface area contributed by atoms with Gasteiger partial charge in [-0.25, -0.2) is 9.18 Å². The normalized spacial score (nSPS) is 18.4. The fourth-order valence-electron chi connectivity index (χ4n) is 4.89. The number of carboxylic acid groups (broad SMARTS) is 1. The van der Waals surface area contributed by atoms with Gasteiger partial charge in [-0.05, 0) is 30.5 Å². The van der Waals surface area contributed by atoms with Crippen molar-refractivity contribution in [3.05, 3.63) is 70.3 Å². The van der Waals surface area contributed by atoms with Crippen LogP contribution in [0.2, 0.25) is 0 Å². The third-order valence-electron chi connectivity index (χ3n) is 6.73. The van der Waals surface area contributed by atoms with E-state index in [4.69, 9.17) is 10.4 Å². The molecule has 35 heavy (non-hydrogen) atoms. The lowest BCUT2D eigenvalue weighted by atomic mass is 10.0. The summed E-state index contributed by atoms with van der Waals surface area (Å²) in [6.45, 7) is 2.41. The summed E-state index contributed by atoms with van der Waals surface area (Å²) in [7, 11) is 0. The zero-order chi connectivity index (χ0) is 24.5. The maximum Gasteiger partial charge on any atom is 0.511 e. The second-order valence-electron chi connectivity index (χ2n) is 8.97. The molecule has 2 fully saturated rings. The van der Waals surface area contributed by atoms with E-state index in [-0.39, 0.29) is 23.2 Å². The first-order chi connectivity index (χ1) is 17.0. The Bertz CT molecular complexity index is 1360. The number of fused-ring (bicyclic) bond motifs is 1. The van der Waals surface area contributed by atoms with Crippen molar-refractivity contribution in [3.63, 3.8) is 0 Å². The minimum atomic E-state index is -1.58. The predicted molar refractivity (Wildman–Crippen MR) is 128 cm³/mol. The van der Waals surface area contributed by atoms with E-state index >= 15 is 4.39 Å². The van der Waals surface area contributed by atoms with Gasteiger partial charge in [0.25, 0.3) is 0 Å². The van der Waals surface area contributed by atoms with Gasteiger partial charge in [0, 0.05) is 38.6 Å². The van der Waals surface area contributed by atoms with Gasteiger partial charge in [0.15, 0.2) is 5.75 Å². The van der Waals surface area contributed by atoms with Crippen molar-refractivity contribution in [3.8, 4) is 11.8 Å². The molecule has 2 aliphatic rings. The third kappa shape index (κ3) is 4.57. The summed E-state index contributed by atoms with van der Waals surface area (Å²) in [5, 5.41) is 18.2. The Morgan fingerprint density at radius 2 is 1.97 bits per heavy atom. The van der Waals surface area contributed by atoms with E-state index in [0.717, 1.165) is 18.4 Å². The highest BCUT2D eigenvalue weighted by molar-refractivity contribution is 5.85. The molecule has 1 saturated carbocycles. The Kier molecular flexibility index (Phi) is 6.14. The molecule has 1 aliphatic carbocycles. The molecule has 1 N–H and O–H groups in total. The lowest BCUT2D eigenvalue weighted by Crippen LogP contribution is -2.49. The number of nitriles is 1. The molecular formula is C26H25FN4O4. The molecular weight excluding hydrogens is 451 g/mol. The van der Waals surface area contributed by atoms with E-state index in [2.05, 4.69) is 15.7 Å². The van der Waals surface area contributed by atoms with Gasteiger partial charge in [-0.15, -0.1) is 0 Å². The monoisotopic (exact) mass is 476 g/mol. The van der Waals surface area contributed by atoms with Crippen LogP contribution in [-0.2, 0) is 0 Å². The van der Waals surface area contributed by atoms with Gasteiger partial charge in [-0.3, -0.25) is 9.69 Å². The molecule has 0 spiro atoms. The molecule has 1 aromatic heterocycles. The molecule has 1 saturated heterocycles. The second kappa shape index (κ2) is 9.39. The number of pyridine rings is 1. The number of carbonyl (C=O) groups is 1. The molecule has 180 valence electrons. The summed E-state index contributed by atoms with van der Waals surface area (Å²) < 4.78 is 22.0. The van der Waals surface area contributed by atoms with Crippen LogP contribution in [0.1, 0.15) is 36.9 Å². The highest BCUT2D eigenvalue weighted by Crippen LogP contribution is 2.39. The summed E-state index contributed by atoms with van der Waals surface area (Å²) in [5.74, 6) is -0.860. The van der Waals surface area contributed by atoms with Crippen LogP contribution in [0.5, 0.6) is 5.75 Å². The van der Waals surface area contributed by atoms with Crippen LogP contribution in [-0.4, -0.2) is 46.9 Å². The topological polar surface area (TPSA) is 98.8 Å². The summed E-state index contributed by atoms with van der Waals surface area (Å²) in [6, 6.07) is 15.2. The van der Waals surface area contributed by atoms with Crippen LogP contribution in [0.4, 0.5) is 14.9 Å². The number of aromatic nitrogens is 1. The standard InChI is InChI=1S/C26H25FN4O4/c27-20-13-19-21(31(18-7-8-18)16-24(25(19)32)35-26(33)34)14-22(20)30-12-11-29(10-4-9-28)23(15-30)17-5-2-1-3-6-17/h1-3,5-6,13-14,16,18,23H,4,7-8,10-12,15H2,(H,33,34). The quantitative estimate of drug-likeness (QED) is 0.530. The van der Waals surface area contributed by atoms with Gasteiger partial charge >= 0.3 is 6.16 Å². The second-order valence-corrected chi connectivity index (χ2v) is 8.97. The number of piperazine rings is 1. The van der Waals surface area contributed by atoms with Gasteiger partial charge in [-0.1, -0.05) is 30.3 Å². The number of anilines is 1. The van der Waals surface area contributed by atoms with Crippen LogP contribution in [0.15, 0.2) is 53.5 Å². The first-order valence-corrected chi connectivity index (χ1v) is 11.7. The Labute approximate surface area is 201 Å². The SMILES string of the molecule is N#CCCN1CCN(c2cc3c(cc2F)c(=O)c(OC(=O)O)cn3C2CC2)CC1c1ccccc1. The van der Waals surface area contributed by atoms with Gasteiger partial charge in [0.2, 0.25) is 5.43 Å². The Morgan fingerprint density at radius 1 is 1.20 bits per heavy atom. The maximum atomic E-state index is 15.5. The van der Waals surface area contributed by atoms with E-state index in [9.17, 15) is 9.59 Å². The summed E-state index contributed by atoms with van der Waals surface area (Å²) >= 11 is 0. The van der Waals surface area contributed by atoms with Crippen molar-refractivity contribution >= 4 is 22.7 Å². The van der Waals surface area contributed by atoms with E-state index < -0.39 is 17.4 Å². The first-order valence-electron chi connectivity index (χ1n) is 11.7. The highest BCUT2D eigenvalue weighted by Gasteiger charge is 2.31. The molecule has 3 aromatic rings. The van der Waals surface area contributed by atoms with E-state index in [1.807, 2.05) is 39.8 Å². The molecule has 9 heteroatoms. The number of halogens is 1. The minimum Gasteiger partial charge on any atom is -0.449 e. The van der Waals surface area contributed by atoms with E-state index in [0.29, 0.717) is 43.8 Å². The van der Waals surface area contributed by atoms with Crippen molar-refractivity contribution < 1.29 is 19.0 Å². The Balaban J connectivity index is 1.55. The van der Waals surface area contributed by atoms with Crippen molar-refractivity contribution in [2.45, 2.75) is 31.3 Å². The van der Waals surface area contributed by atoms with Crippen LogP contribution in [0, 0.1) is 17.1 Å². The number of hydrogen-bond acceptors (Lipinski definition) is 6. The number of ether oxygens (including phenoxy) is 1. The van der Waals surface area contributed by atoms with E-state index in [1.165, 1.54) is 12.3 Å². The van der Waals surface area contributed by atoms with Gasteiger partial charge in [-0.2, -0.15) is 5.26 Å². The molecule has 5 rings (SSSR count). The molecule has 0 bridgehead atoms. The summed E-state index contributed by atoms with van der Waals surface area (Å²) in [5.41, 5.74) is 1.42. The summed E-state index contributed by atoms with van der Waals surface area (Å²) in [6.07, 6.45) is 2.05. The number of benzene rings is 2. The zero-order valence-corrected chi connectivity index (χ0v) is 19.1. The van der Waals surface area contributed by atoms with Gasteiger partial charge < -0.3 is 19.3 Å². The number of rotatable bonds is 6. The molecule has 8 nitrogen and oxygen atoms in total. The largest absolute Gasteiger partial charge is 0.511 e. The fourth-order valence-corrected chi connectivity index (χ4v) is 4.89. The average Bonchev–Trinajstić information content (AvgIpc) is 3.70. The van der Waals surface area contributed by atoms with E-state index in [1.54, 1.807) is 6.07 Å². The molecule has 2 heterocycles. The number of hydrogen-bond donors (Lipinski definition) is 1. The lowest BCUT2D eigenvalue weighted by Gasteiger charge is -2.42. The Hall–Kier alpha value is -3.90. The number of nitrogens with zero attached hydrogens (tertiary/aromatic N) is 4. The molecule has 0 radical (unpaired) electrons. The van der Waals surface area contributed by atoms with Crippen molar-refractivity contribution in [1.82, 2.24) is 9.47 Å². The highest BCUT2D eigenvalue weighted by atomic mass is 19.1. The lowest BCUT2D eigenvalue weighted by molar-refractivity contribution is 0.143. The van der Waals surface area contributed by atoms with Gasteiger partial charge in [0.05, 0.1) is 34.9 Å². The smallest absolute Gasteiger partial charge is 0.449 e. The molecule has 1 aliphatic heterocycles.